The molecule has 3 heterocycles. The maximum absolute atomic E-state index is 13.1. The Morgan fingerprint density at radius 1 is 1.13 bits per heavy atom. The van der Waals surface area contributed by atoms with Crippen LogP contribution in [0.5, 0.6) is 0 Å². The van der Waals surface area contributed by atoms with Crippen molar-refractivity contribution in [2.24, 2.45) is 0 Å². The van der Waals surface area contributed by atoms with Gasteiger partial charge < -0.3 is 20.1 Å². The van der Waals surface area contributed by atoms with Crippen LogP contribution in [-0.2, 0) is 12.0 Å². The van der Waals surface area contributed by atoms with E-state index in [4.69, 9.17) is 0 Å². The molecule has 2 N–H and O–H groups in total. The Morgan fingerprint density at radius 2 is 1.89 bits per heavy atom. The van der Waals surface area contributed by atoms with E-state index in [1.54, 1.807) is 30.7 Å². The van der Waals surface area contributed by atoms with Crippen molar-refractivity contribution in [1.29, 1.82) is 5.26 Å². The first-order valence-electron chi connectivity index (χ1n) is 12.8. The third-order valence-corrected chi connectivity index (χ3v) is 6.92. The third-order valence-electron chi connectivity index (χ3n) is 6.92. The summed E-state index contributed by atoms with van der Waals surface area (Å²) in [7, 11) is 2.11. The summed E-state index contributed by atoms with van der Waals surface area (Å²) in [5, 5.41) is 16.9. The van der Waals surface area contributed by atoms with Gasteiger partial charge in [0.15, 0.2) is 0 Å². The Hall–Kier alpha value is -3.69. The van der Waals surface area contributed by atoms with E-state index in [1.165, 1.54) is 0 Å². The lowest BCUT2D eigenvalue weighted by molar-refractivity contribution is -0.136. The standard InChI is InChI=1S/C29H33F3N6/c1-28(2,20-33)27-10-9-22(19-35-27)34-14-5-6-23-18-24-25(36-21-11-15-37(3)16-12-21)7-4-8-26(24)38(23)17-13-29(30,31)32/h4,7-10,18-19,21,34,36H,11-17H2,1-3H3. The van der Waals surface area contributed by atoms with Crippen LogP contribution in [0.4, 0.5) is 24.5 Å². The molecule has 0 unspecified atom stereocenters. The van der Waals surface area contributed by atoms with Crippen LogP contribution in [0.15, 0.2) is 42.6 Å². The SMILES string of the molecule is CN1CCC(Nc2cccc3c2cc(C#CCNc2ccc(C(C)(C)C#N)nc2)n3CCC(F)(F)F)CC1. The zero-order valence-electron chi connectivity index (χ0n) is 22.0. The van der Waals surface area contributed by atoms with Gasteiger partial charge in [0.2, 0.25) is 0 Å². The molecule has 1 aliphatic rings. The van der Waals surface area contributed by atoms with E-state index in [2.05, 4.69) is 45.5 Å². The number of hydrogen-bond acceptors (Lipinski definition) is 5. The van der Waals surface area contributed by atoms with Crippen LogP contribution in [-0.4, -0.2) is 53.4 Å². The first kappa shape index (κ1) is 27.3. The maximum atomic E-state index is 13.1. The minimum Gasteiger partial charge on any atom is -0.382 e. The summed E-state index contributed by atoms with van der Waals surface area (Å²) in [5.41, 5.74) is 2.96. The number of rotatable bonds is 7. The lowest BCUT2D eigenvalue weighted by atomic mass is 9.91. The van der Waals surface area contributed by atoms with Crippen molar-refractivity contribution in [1.82, 2.24) is 14.5 Å². The summed E-state index contributed by atoms with van der Waals surface area (Å²) in [6, 6.07) is 13.8. The molecule has 3 aromatic rings. The van der Waals surface area contributed by atoms with Crippen LogP contribution in [0.25, 0.3) is 10.9 Å². The number of nitrogens with one attached hydrogen (secondary N) is 2. The molecule has 0 radical (unpaired) electrons. The smallest absolute Gasteiger partial charge is 0.382 e. The minimum absolute atomic E-state index is 0.192. The van der Waals surface area contributed by atoms with E-state index < -0.39 is 18.0 Å². The summed E-state index contributed by atoms with van der Waals surface area (Å²) in [4.78, 5) is 6.65. The Balaban J connectivity index is 1.54. The number of fused-ring (bicyclic) bond motifs is 1. The van der Waals surface area contributed by atoms with Crippen LogP contribution < -0.4 is 10.6 Å². The van der Waals surface area contributed by atoms with Gasteiger partial charge in [0.25, 0.3) is 0 Å². The molecule has 2 aromatic heterocycles. The molecule has 0 atom stereocenters. The number of piperidine rings is 1. The highest BCUT2D eigenvalue weighted by Gasteiger charge is 2.27. The molecule has 38 heavy (non-hydrogen) atoms. The van der Waals surface area contributed by atoms with E-state index in [0.29, 0.717) is 24.0 Å². The lowest BCUT2D eigenvalue weighted by Crippen LogP contribution is -2.36. The molecule has 200 valence electrons. The van der Waals surface area contributed by atoms with Gasteiger partial charge in [-0.25, -0.2) is 0 Å². The fourth-order valence-corrected chi connectivity index (χ4v) is 4.57. The first-order chi connectivity index (χ1) is 18.1. The van der Waals surface area contributed by atoms with Gasteiger partial charge in [-0.15, -0.1) is 0 Å². The van der Waals surface area contributed by atoms with E-state index in [1.807, 2.05) is 30.3 Å². The Morgan fingerprint density at radius 3 is 2.55 bits per heavy atom. The van der Waals surface area contributed by atoms with E-state index in [9.17, 15) is 18.4 Å². The molecule has 0 saturated carbocycles. The number of nitriles is 1. The molecule has 0 spiro atoms. The molecular weight excluding hydrogens is 489 g/mol. The van der Waals surface area contributed by atoms with Crippen molar-refractivity contribution in [3.05, 3.63) is 54.0 Å². The zero-order valence-corrected chi connectivity index (χ0v) is 22.0. The molecule has 6 nitrogen and oxygen atoms in total. The van der Waals surface area contributed by atoms with Crippen LogP contribution in [0.2, 0.25) is 0 Å². The van der Waals surface area contributed by atoms with Gasteiger partial charge in [0, 0.05) is 23.7 Å². The van der Waals surface area contributed by atoms with Gasteiger partial charge in [-0.05, 0) is 83.1 Å². The van der Waals surface area contributed by atoms with Crippen molar-refractivity contribution in [3.8, 4) is 17.9 Å². The van der Waals surface area contributed by atoms with E-state index in [0.717, 1.165) is 48.2 Å². The number of benzene rings is 1. The summed E-state index contributed by atoms with van der Waals surface area (Å²) >= 11 is 0. The highest BCUT2D eigenvalue weighted by Crippen LogP contribution is 2.30. The monoisotopic (exact) mass is 522 g/mol. The van der Waals surface area contributed by atoms with Gasteiger partial charge in [-0.1, -0.05) is 12.0 Å². The molecule has 1 aromatic carbocycles. The highest BCUT2D eigenvalue weighted by molar-refractivity contribution is 5.94. The second-order valence-electron chi connectivity index (χ2n) is 10.3. The topological polar surface area (TPSA) is 68.9 Å². The molecule has 1 fully saturated rings. The molecule has 1 saturated heterocycles. The Kier molecular flexibility index (Phi) is 8.18. The van der Waals surface area contributed by atoms with Crippen LogP contribution in [0, 0.1) is 23.2 Å². The number of anilines is 2. The molecule has 9 heteroatoms. The maximum Gasteiger partial charge on any atom is 0.390 e. The fraction of sp³-hybridized carbons (Fsp3) is 0.448. The molecular formula is C29H33F3N6. The predicted octanol–water partition coefficient (Wildman–Crippen LogP) is 5.76. The molecule has 4 rings (SSSR count). The summed E-state index contributed by atoms with van der Waals surface area (Å²) in [5.74, 6) is 6.12. The Bertz CT molecular complexity index is 1350. The van der Waals surface area contributed by atoms with Gasteiger partial charge in [0.05, 0.1) is 53.2 Å². The van der Waals surface area contributed by atoms with Crippen molar-refractivity contribution >= 4 is 22.3 Å². The van der Waals surface area contributed by atoms with E-state index in [-0.39, 0.29) is 6.54 Å². The van der Waals surface area contributed by atoms with Crippen LogP contribution in [0.3, 0.4) is 0 Å². The predicted molar refractivity (Wildman–Crippen MR) is 145 cm³/mol. The fourth-order valence-electron chi connectivity index (χ4n) is 4.57. The quantitative estimate of drug-likeness (QED) is 0.386. The number of pyridine rings is 1. The molecule has 0 bridgehead atoms. The normalized spacial score (nSPS) is 15.1. The van der Waals surface area contributed by atoms with E-state index >= 15 is 0 Å². The number of aromatic nitrogens is 2. The summed E-state index contributed by atoms with van der Waals surface area (Å²) < 4.78 is 41.0. The average Bonchev–Trinajstić information content (AvgIpc) is 3.25. The minimum atomic E-state index is -4.26. The van der Waals surface area contributed by atoms with Crippen molar-refractivity contribution in [3.63, 3.8) is 0 Å². The number of nitrogens with zero attached hydrogens (tertiary/aromatic N) is 4. The third kappa shape index (κ3) is 6.79. The highest BCUT2D eigenvalue weighted by atomic mass is 19.4. The Labute approximate surface area is 221 Å². The van der Waals surface area contributed by atoms with Gasteiger partial charge in [0.1, 0.15) is 0 Å². The van der Waals surface area contributed by atoms with Crippen molar-refractivity contribution < 1.29 is 13.2 Å². The molecule has 0 amide bonds. The second-order valence-corrected chi connectivity index (χ2v) is 10.3. The van der Waals surface area contributed by atoms with Gasteiger partial charge >= 0.3 is 6.18 Å². The summed E-state index contributed by atoms with van der Waals surface area (Å²) in [6.07, 6.45) is -1.50. The van der Waals surface area contributed by atoms with Crippen molar-refractivity contribution in [2.75, 3.05) is 37.3 Å². The number of aryl methyl sites for hydroxylation is 1. The van der Waals surface area contributed by atoms with Crippen LogP contribution in [0.1, 0.15) is 44.5 Å². The van der Waals surface area contributed by atoms with Gasteiger partial charge in [-0.3, -0.25) is 4.98 Å². The number of likely N-dealkylation sites (tertiary alicyclic amines) is 1. The largest absolute Gasteiger partial charge is 0.390 e. The first-order valence-corrected chi connectivity index (χ1v) is 12.8. The molecule has 1 aliphatic heterocycles. The van der Waals surface area contributed by atoms with Crippen LogP contribution >= 0.6 is 0 Å². The van der Waals surface area contributed by atoms with Crippen molar-refractivity contribution in [2.45, 2.75) is 57.3 Å². The summed E-state index contributed by atoms with van der Waals surface area (Å²) in [6.45, 7) is 5.74. The lowest BCUT2D eigenvalue weighted by Gasteiger charge is -2.30. The average molecular weight is 523 g/mol. The second kappa shape index (κ2) is 11.4. The number of hydrogen-bond donors (Lipinski definition) is 2. The van der Waals surface area contributed by atoms with Gasteiger partial charge in [-0.2, -0.15) is 18.4 Å². The number of halogens is 3. The number of alkyl halides is 3. The molecule has 0 aliphatic carbocycles. The zero-order chi connectivity index (χ0) is 27.3.